The Morgan fingerprint density at radius 3 is 2.65 bits per heavy atom. The van der Waals surface area contributed by atoms with E-state index in [0.29, 0.717) is 11.7 Å². The first-order chi connectivity index (χ1) is 9.44. The molecule has 4 nitrogen and oxygen atoms in total. The molecule has 0 unspecified atom stereocenters. The van der Waals surface area contributed by atoms with Crippen LogP contribution in [0.3, 0.4) is 0 Å². The first-order valence-corrected chi connectivity index (χ1v) is 7.25. The summed E-state index contributed by atoms with van der Waals surface area (Å²) in [5.74, 6) is 1.17. The van der Waals surface area contributed by atoms with Gasteiger partial charge in [0.05, 0.1) is 0 Å². The molecule has 1 fully saturated rings. The minimum atomic E-state index is -0.403. The van der Waals surface area contributed by atoms with E-state index in [9.17, 15) is 4.79 Å². The van der Waals surface area contributed by atoms with Crippen LogP contribution < -0.4 is 15.4 Å². The number of amides is 1. The molecule has 0 saturated carbocycles. The Labute approximate surface area is 120 Å². The molecule has 1 aliphatic rings. The lowest BCUT2D eigenvalue weighted by Crippen LogP contribution is -2.42. The minimum absolute atomic E-state index is 0.288. The zero-order chi connectivity index (χ0) is 14.6. The van der Waals surface area contributed by atoms with Crippen LogP contribution in [0.4, 0.5) is 4.79 Å². The fourth-order valence-corrected chi connectivity index (χ4v) is 2.43. The third kappa shape index (κ3) is 4.53. The van der Waals surface area contributed by atoms with Gasteiger partial charge in [-0.15, -0.1) is 0 Å². The maximum Gasteiger partial charge on any atom is 0.413 e. The average Bonchev–Trinajstić information content (AvgIpc) is 2.38. The van der Waals surface area contributed by atoms with Crippen LogP contribution in [0.5, 0.6) is 5.75 Å². The number of rotatable bonds is 2. The number of hydrogen-bond acceptors (Lipinski definition) is 3. The molecule has 1 aliphatic heterocycles. The normalized spacial score (nSPS) is 16.8. The summed E-state index contributed by atoms with van der Waals surface area (Å²) >= 11 is 0. The topological polar surface area (TPSA) is 50.4 Å². The van der Waals surface area contributed by atoms with E-state index in [1.165, 1.54) is 5.56 Å². The van der Waals surface area contributed by atoms with Crippen LogP contribution in [-0.4, -0.2) is 24.7 Å². The van der Waals surface area contributed by atoms with Gasteiger partial charge >= 0.3 is 6.09 Å². The summed E-state index contributed by atoms with van der Waals surface area (Å²) < 4.78 is 5.36. The maximum absolute atomic E-state index is 11.8. The van der Waals surface area contributed by atoms with Crippen LogP contribution in [0.2, 0.25) is 0 Å². The summed E-state index contributed by atoms with van der Waals surface area (Å²) in [4.78, 5) is 11.8. The molecule has 0 aliphatic carbocycles. The molecule has 2 rings (SSSR count). The summed E-state index contributed by atoms with van der Waals surface area (Å²) in [6, 6.07) is 7.88. The second-order valence-corrected chi connectivity index (χ2v) is 6.36. The maximum atomic E-state index is 11.8. The fourth-order valence-electron chi connectivity index (χ4n) is 2.43. The Morgan fingerprint density at radius 1 is 1.30 bits per heavy atom. The van der Waals surface area contributed by atoms with E-state index >= 15 is 0 Å². The number of benzene rings is 1. The Bertz CT molecular complexity index is 460. The fraction of sp³-hybridized carbons (Fsp3) is 0.562. The van der Waals surface area contributed by atoms with E-state index in [1.807, 2.05) is 39.0 Å². The van der Waals surface area contributed by atoms with Crippen molar-refractivity contribution in [3.8, 4) is 5.75 Å². The summed E-state index contributed by atoms with van der Waals surface area (Å²) in [5, 5.41) is 6.16. The summed E-state index contributed by atoms with van der Waals surface area (Å²) in [6.07, 6.45) is 1.87. The lowest BCUT2D eigenvalue weighted by Gasteiger charge is -2.23. The Kier molecular flexibility index (Phi) is 4.65. The highest BCUT2D eigenvalue weighted by Gasteiger charge is 2.17. The highest BCUT2D eigenvalue weighted by atomic mass is 16.6. The van der Waals surface area contributed by atoms with Crippen molar-refractivity contribution < 1.29 is 9.53 Å². The lowest BCUT2D eigenvalue weighted by atomic mass is 9.90. The zero-order valence-electron chi connectivity index (χ0n) is 12.5. The number of hydrogen-bond donors (Lipinski definition) is 2. The number of ether oxygens (including phenoxy) is 1. The molecule has 0 radical (unpaired) electrons. The van der Waals surface area contributed by atoms with Crippen molar-refractivity contribution in [2.24, 2.45) is 0 Å². The summed E-state index contributed by atoms with van der Waals surface area (Å²) in [5.41, 5.74) is 0.969. The Morgan fingerprint density at radius 2 is 2.00 bits per heavy atom. The van der Waals surface area contributed by atoms with Crippen molar-refractivity contribution >= 4 is 6.09 Å². The molecule has 1 heterocycles. The van der Waals surface area contributed by atoms with Crippen LogP contribution in [0, 0.1) is 0 Å². The Hall–Kier alpha value is -1.55. The van der Waals surface area contributed by atoms with Gasteiger partial charge in [0, 0.05) is 5.54 Å². The van der Waals surface area contributed by atoms with Gasteiger partial charge in [-0.25, -0.2) is 4.79 Å². The van der Waals surface area contributed by atoms with Crippen LogP contribution in [0.15, 0.2) is 24.3 Å². The van der Waals surface area contributed by atoms with Gasteiger partial charge in [-0.3, -0.25) is 0 Å². The van der Waals surface area contributed by atoms with Gasteiger partial charge in [0.1, 0.15) is 5.75 Å². The van der Waals surface area contributed by atoms with Crippen molar-refractivity contribution in [2.45, 2.75) is 45.1 Å². The molecule has 1 amide bonds. The van der Waals surface area contributed by atoms with Crippen LogP contribution >= 0.6 is 0 Å². The summed E-state index contributed by atoms with van der Waals surface area (Å²) in [7, 11) is 0. The molecule has 1 saturated heterocycles. The van der Waals surface area contributed by atoms with Gasteiger partial charge in [0.2, 0.25) is 0 Å². The second kappa shape index (κ2) is 6.27. The number of piperidine rings is 1. The predicted molar refractivity (Wildman–Crippen MR) is 80.2 cm³/mol. The van der Waals surface area contributed by atoms with Crippen molar-refractivity contribution in [1.82, 2.24) is 10.6 Å². The van der Waals surface area contributed by atoms with Gasteiger partial charge in [-0.1, -0.05) is 12.1 Å². The smallest absolute Gasteiger partial charge is 0.410 e. The van der Waals surface area contributed by atoms with Gasteiger partial charge < -0.3 is 15.4 Å². The molecule has 1 aromatic carbocycles. The lowest BCUT2D eigenvalue weighted by molar-refractivity contribution is 0.190. The van der Waals surface area contributed by atoms with Crippen LogP contribution in [-0.2, 0) is 0 Å². The molecule has 0 aromatic heterocycles. The number of carbonyl (C=O) groups excluding carboxylic acids is 1. The standard InChI is InChI=1S/C16H24N2O2/c1-16(2,3)18-15(19)20-14-6-4-5-13(11-14)12-7-9-17-10-8-12/h4-6,11-12,17H,7-10H2,1-3H3,(H,18,19). The predicted octanol–water partition coefficient (Wildman–Crippen LogP) is 3.04. The molecule has 4 heteroatoms. The highest BCUT2D eigenvalue weighted by molar-refractivity contribution is 5.71. The first-order valence-electron chi connectivity index (χ1n) is 7.25. The largest absolute Gasteiger partial charge is 0.413 e. The van der Waals surface area contributed by atoms with Gasteiger partial charge in [0.15, 0.2) is 0 Å². The molecule has 0 bridgehead atoms. The van der Waals surface area contributed by atoms with E-state index in [4.69, 9.17) is 4.74 Å². The Balaban J connectivity index is 2.00. The molecule has 1 aromatic rings. The molecular formula is C16H24N2O2. The molecule has 0 atom stereocenters. The van der Waals surface area contributed by atoms with Crippen molar-refractivity contribution in [1.29, 1.82) is 0 Å². The third-order valence-corrected chi connectivity index (χ3v) is 3.36. The molecular weight excluding hydrogens is 252 g/mol. The van der Waals surface area contributed by atoms with E-state index < -0.39 is 6.09 Å². The van der Waals surface area contributed by atoms with E-state index in [0.717, 1.165) is 25.9 Å². The van der Waals surface area contributed by atoms with Crippen molar-refractivity contribution in [2.75, 3.05) is 13.1 Å². The third-order valence-electron chi connectivity index (χ3n) is 3.36. The first kappa shape index (κ1) is 14.9. The van der Waals surface area contributed by atoms with Crippen molar-refractivity contribution in [3.63, 3.8) is 0 Å². The van der Waals surface area contributed by atoms with Gasteiger partial charge in [-0.2, -0.15) is 0 Å². The average molecular weight is 276 g/mol. The SMILES string of the molecule is CC(C)(C)NC(=O)Oc1cccc(C2CCNCC2)c1. The summed E-state index contributed by atoms with van der Waals surface area (Å²) in [6.45, 7) is 7.90. The van der Waals surface area contributed by atoms with E-state index in [1.54, 1.807) is 0 Å². The van der Waals surface area contributed by atoms with E-state index in [-0.39, 0.29) is 5.54 Å². The van der Waals surface area contributed by atoms with Gasteiger partial charge in [-0.05, 0) is 70.3 Å². The molecule has 2 N–H and O–H groups in total. The van der Waals surface area contributed by atoms with Crippen LogP contribution in [0.25, 0.3) is 0 Å². The molecule has 110 valence electrons. The molecule has 20 heavy (non-hydrogen) atoms. The monoisotopic (exact) mass is 276 g/mol. The van der Waals surface area contributed by atoms with Crippen molar-refractivity contribution in [3.05, 3.63) is 29.8 Å². The number of nitrogens with one attached hydrogen (secondary N) is 2. The highest BCUT2D eigenvalue weighted by Crippen LogP contribution is 2.27. The molecule has 0 spiro atoms. The van der Waals surface area contributed by atoms with E-state index in [2.05, 4.69) is 16.7 Å². The number of carbonyl (C=O) groups is 1. The quantitative estimate of drug-likeness (QED) is 0.873. The van der Waals surface area contributed by atoms with Crippen LogP contribution in [0.1, 0.15) is 45.1 Å². The zero-order valence-corrected chi connectivity index (χ0v) is 12.5. The minimum Gasteiger partial charge on any atom is -0.410 e. The second-order valence-electron chi connectivity index (χ2n) is 6.36. The van der Waals surface area contributed by atoms with Gasteiger partial charge in [0.25, 0.3) is 0 Å².